The fraction of sp³-hybridized carbons (Fsp3) is 0.857. The van der Waals surface area contributed by atoms with Crippen molar-refractivity contribution in [1.82, 2.24) is 5.32 Å². The second-order valence-corrected chi connectivity index (χ2v) is 44.1. The zero-order chi connectivity index (χ0) is 107. The molecule has 0 spiro atoms. The maximum absolute atomic E-state index is 16.9. The Labute approximate surface area is 839 Å². The molecule has 47 nitrogen and oxygen atoms in total. The van der Waals surface area contributed by atoms with E-state index in [0.29, 0.717) is 37.7 Å². The zero-order valence-corrected chi connectivity index (χ0v) is 83.9. The van der Waals surface area contributed by atoms with E-state index in [9.17, 15) is 132 Å². The minimum Gasteiger partial charge on any atom is -0.458 e. The van der Waals surface area contributed by atoms with E-state index >= 15 is 9.59 Å². The molecule has 1 amide bonds. The highest BCUT2D eigenvalue weighted by Crippen LogP contribution is 2.76. The van der Waals surface area contributed by atoms with Gasteiger partial charge in [-0.3, -0.25) is 9.59 Å². The van der Waals surface area contributed by atoms with Gasteiger partial charge in [0.2, 0.25) is 12.2 Å². The third-order valence-corrected chi connectivity index (χ3v) is 34.0. The third-order valence-electron chi connectivity index (χ3n) is 34.0. The second kappa shape index (κ2) is 46.4. The Kier molecular flexibility index (Phi) is 37.4. The zero-order valence-electron chi connectivity index (χ0n) is 83.9. The lowest BCUT2D eigenvalue weighted by molar-refractivity contribution is -0.390. The van der Waals surface area contributed by atoms with Crippen molar-refractivity contribution >= 4 is 23.8 Å². The first-order valence-electron chi connectivity index (χ1n) is 50.0. The Morgan fingerprint density at radius 2 is 0.979 bits per heavy atom. The predicted molar refractivity (Wildman–Crippen MR) is 490 cm³/mol. The van der Waals surface area contributed by atoms with Gasteiger partial charge >= 0.3 is 17.9 Å². The molecule has 0 bridgehead atoms. The highest BCUT2D eigenvalue weighted by atomic mass is 16.8. The first-order chi connectivity index (χ1) is 68.0. The number of hydrogen-bond donors (Lipinski definition) is 25. The van der Waals surface area contributed by atoms with Crippen LogP contribution in [0.4, 0.5) is 0 Å². The molecule has 25 N–H and O–H groups in total. The minimum absolute atomic E-state index is 0.0571. The van der Waals surface area contributed by atoms with Gasteiger partial charge < -0.3 is 213 Å². The summed E-state index contributed by atoms with van der Waals surface area (Å²) in [6.07, 6.45) is -60.6. The van der Waals surface area contributed by atoms with Gasteiger partial charge in [0.1, 0.15) is 164 Å². The molecule has 12 fully saturated rings. The second-order valence-electron chi connectivity index (χ2n) is 44.1. The van der Waals surface area contributed by atoms with E-state index in [-0.39, 0.29) is 61.5 Å². The van der Waals surface area contributed by atoms with Crippen molar-refractivity contribution in [2.45, 2.75) is 430 Å². The topological polar surface area (TPSA) is 732 Å². The van der Waals surface area contributed by atoms with E-state index in [4.69, 9.17) is 85.3 Å². The fourth-order valence-corrected chi connectivity index (χ4v) is 24.7. The quantitative estimate of drug-likeness (QED) is 0.00924. The fourth-order valence-electron chi connectivity index (χ4n) is 24.7. The number of fused-ring (bicyclic) bond motifs is 7. The molecule has 3 unspecified atom stereocenters. The van der Waals surface area contributed by atoms with Crippen molar-refractivity contribution in [2.24, 2.45) is 50.2 Å². The Bertz CT molecular complexity index is 4490. The van der Waals surface area contributed by atoms with Crippen LogP contribution in [0.25, 0.3) is 0 Å². The number of allylic oxidation sites excluding steroid dienone is 4. The van der Waals surface area contributed by atoms with Crippen molar-refractivity contribution in [2.75, 3.05) is 46.2 Å². The van der Waals surface area contributed by atoms with E-state index in [2.05, 4.69) is 38.4 Å². The van der Waals surface area contributed by atoms with Gasteiger partial charge in [0, 0.05) is 18.8 Å². The van der Waals surface area contributed by atoms with Gasteiger partial charge in [0.05, 0.1) is 99.1 Å². The third kappa shape index (κ3) is 23.0. The van der Waals surface area contributed by atoms with Gasteiger partial charge in [-0.25, -0.2) is 9.59 Å². The standard InChI is InChI=1S/C98H155NO46/c1-16-93(11,127)26-18-20-45(34-101)81(125)139-75-41(4)132-87(73(122)69(75)118)145-94(12,17-2)27-19-21-44(33-100)80(124)137-57-32-98(90(126)144-89-79(68(117)62(111)50(36-103)135-89)143-86-74(123)77(141-85-72(121)66(115)61(110)49(35-102)133-85)76(42(5)131-86)140-84-71(120)63(112)51(37-104)134-84)47(30-91(57,7)8)46-22-23-54-95(13)28-25-56(92(9,10)53(95)24-29-96(54,14)97(46,15)31-55(98)107)138-82-58(99-43(6)105)65(114)64(113)52(136-82)39-129-88-78(67(116)59(108)40(3)130-88)142-83-70(119)60(109)48(106)38-128-83/h16-17,20-22,40-42,47-79,82-89,100-104,106-123,127H,1-2,18-19,23-39H2,3-15H3,(H,99,105)/b44-21+,45-20+/t40-,41-,42+,47?,48-,49-,50-,51+,52-,53?,54-,55-,56+,57+,58-,59+,60+,61-,62-,63+,64-,65-,66+,67+,68+,69-,70-,71-,72-,73-,74-,75-,76+,77+,78-,79-,82+,83+,84+,85+,86+,87+,88-,89+,93?,94-,95+,96-,97-,98-/m1/s1. The molecule has 0 radical (unpaired) electrons. The summed E-state index contributed by atoms with van der Waals surface area (Å²) in [4.78, 5) is 58.4. The summed E-state index contributed by atoms with van der Waals surface area (Å²) < 4.78 is 110. The van der Waals surface area contributed by atoms with E-state index < -0.39 is 378 Å². The molecule has 13 aliphatic rings. The summed E-state index contributed by atoms with van der Waals surface area (Å²) in [6, 6.07) is -1.38. The number of ether oxygens (including phenoxy) is 18. The molecule has 145 heavy (non-hydrogen) atoms. The van der Waals surface area contributed by atoms with Crippen molar-refractivity contribution in [3.63, 3.8) is 0 Å². The summed E-state index contributed by atoms with van der Waals surface area (Å²) in [5.41, 5.74) is -9.16. The average Bonchev–Trinajstić information content (AvgIpc) is 1.40. The summed E-state index contributed by atoms with van der Waals surface area (Å²) in [6.45, 7) is 24.5. The number of rotatable bonds is 35. The van der Waals surface area contributed by atoms with Gasteiger partial charge in [0.25, 0.3) is 0 Å². The number of carbonyl (C=O) groups excluding carboxylic acids is 4. The lowest BCUT2D eigenvalue weighted by Crippen LogP contribution is -2.70. The van der Waals surface area contributed by atoms with Crippen LogP contribution in [0.15, 0.2) is 60.3 Å². The van der Waals surface area contributed by atoms with Crippen LogP contribution in [0.3, 0.4) is 0 Å². The van der Waals surface area contributed by atoms with Crippen molar-refractivity contribution < 1.29 is 227 Å². The first-order valence-corrected chi connectivity index (χ1v) is 50.0. The summed E-state index contributed by atoms with van der Waals surface area (Å²) in [5.74, 6) is -5.48. The number of nitrogens with one attached hydrogen (secondary N) is 1. The molecule has 828 valence electrons. The van der Waals surface area contributed by atoms with E-state index in [1.165, 1.54) is 58.9 Å². The Hall–Kier alpha value is -4.98. The number of esters is 3. The lowest BCUT2D eigenvalue weighted by atomic mass is 9.33. The minimum atomic E-state index is -2.30. The van der Waals surface area contributed by atoms with Crippen LogP contribution in [0.2, 0.25) is 0 Å². The summed E-state index contributed by atoms with van der Waals surface area (Å²) in [5, 5.41) is 272. The normalized spacial score (nSPS) is 47.7. The Morgan fingerprint density at radius 1 is 0.476 bits per heavy atom. The molecule has 0 aromatic rings. The molecule has 47 heteroatoms. The van der Waals surface area contributed by atoms with Crippen LogP contribution in [0, 0.1) is 50.2 Å². The summed E-state index contributed by atoms with van der Waals surface area (Å²) in [7, 11) is 0. The molecule has 0 aromatic carbocycles. The van der Waals surface area contributed by atoms with Gasteiger partial charge in [-0.15, -0.1) is 13.2 Å². The molecule has 4 saturated carbocycles. The molecule has 8 heterocycles. The van der Waals surface area contributed by atoms with Crippen molar-refractivity contribution in [3.05, 3.63) is 60.3 Å². The number of aliphatic hydroxyl groups excluding tert-OH is 23. The molecule has 50 atom stereocenters. The number of amides is 1. The largest absolute Gasteiger partial charge is 0.458 e. The van der Waals surface area contributed by atoms with Crippen LogP contribution in [-0.2, 0) is 104 Å². The molecule has 0 aromatic heterocycles. The molecule has 5 aliphatic carbocycles. The number of hydrogen-bond acceptors (Lipinski definition) is 46. The monoisotopic (exact) mass is 2080 g/mol. The van der Waals surface area contributed by atoms with Crippen LogP contribution in [-0.4, -0.2) is 456 Å². The molecule has 8 saturated heterocycles. The van der Waals surface area contributed by atoms with Gasteiger partial charge in [-0.1, -0.05) is 84.4 Å². The highest BCUT2D eigenvalue weighted by Gasteiger charge is 2.74. The van der Waals surface area contributed by atoms with E-state index in [1.807, 2.05) is 20.8 Å². The molecule has 8 aliphatic heterocycles. The predicted octanol–water partition coefficient (Wildman–Crippen LogP) is -5.92. The number of aliphatic hydroxyl groups is 24. The van der Waals surface area contributed by atoms with Crippen molar-refractivity contribution in [1.29, 1.82) is 0 Å². The molecule has 13 rings (SSSR count). The SMILES string of the molecule is C=CC(C)(O)CC/C=C(\CO)C(=O)O[C@H]1[C@H](O)[C@@H](O)[C@H](O[C@](C)(C=C)CC/C=C(\CO)C(=O)O[C@H]2C[C@@]3(C(=O)O[C@@H]4O[C@H](CO)[C@@H](O)[C@H](O)[C@H]4O[C@@H]4O[C@@H](C)[C@H](O[C@@H]5O[C@@H](CO)[C@H](O)[C@H]5O)[C@@H](O[C@@H]5O[C@H](CO)[C@@H](O)[C@H](O)[C@H]5O)[C@H]4O)C(CC2(C)C)C2=CC[C@@H]4[C@@]5(C)CC[C@H](O[C@@H]6O[C@H](CO[C@@H]7O[C@H](C)[C@H](O)[C@H](O)[C@H]7O[C@@H]7OC[C@@H](O)[C@H](O)[C@H]7O)[C@@H](O)[C@H](O)[C@H]6NC(C)=O)C(C)(C)C5CC[C@@]4(C)[C@]2(C)C[C@H]3O)O[C@@H]1C. The average molecular weight is 2080 g/mol. The Balaban J connectivity index is 0.788. The smallest absolute Gasteiger partial charge is 0.336 e. The van der Waals surface area contributed by atoms with E-state index in [0.717, 1.165) is 0 Å². The van der Waals surface area contributed by atoms with Crippen molar-refractivity contribution in [3.8, 4) is 0 Å². The van der Waals surface area contributed by atoms with Crippen LogP contribution < -0.4 is 5.32 Å². The Morgan fingerprint density at radius 3 is 1.59 bits per heavy atom. The van der Waals surface area contributed by atoms with Crippen LogP contribution in [0.5, 0.6) is 0 Å². The molecular formula is C98H155NO46. The van der Waals surface area contributed by atoms with Crippen LogP contribution in [0.1, 0.15) is 167 Å². The lowest BCUT2D eigenvalue weighted by Gasteiger charge is -2.72. The molecular weight excluding hydrogens is 1930 g/mol. The van der Waals surface area contributed by atoms with Gasteiger partial charge in [-0.2, -0.15) is 0 Å². The summed E-state index contributed by atoms with van der Waals surface area (Å²) >= 11 is 0. The maximum atomic E-state index is 16.9. The van der Waals surface area contributed by atoms with Crippen LogP contribution >= 0.6 is 0 Å². The number of carbonyl (C=O) groups is 4. The van der Waals surface area contributed by atoms with Gasteiger partial charge in [0.15, 0.2) is 56.2 Å². The van der Waals surface area contributed by atoms with E-state index in [1.54, 1.807) is 20.8 Å². The van der Waals surface area contributed by atoms with Gasteiger partial charge in [-0.05, 0) is 145 Å². The first kappa shape index (κ1) is 117. The highest BCUT2D eigenvalue weighted by molar-refractivity contribution is 5.89. The maximum Gasteiger partial charge on any atom is 0.336 e.